The summed E-state index contributed by atoms with van der Waals surface area (Å²) in [5.41, 5.74) is 0.0569. The van der Waals surface area contributed by atoms with Gasteiger partial charge in [-0.05, 0) is 24.5 Å². The van der Waals surface area contributed by atoms with E-state index in [-0.39, 0.29) is 6.04 Å². The van der Waals surface area contributed by atoms with Crippen molar-refractivity contribution >= 4 is 15.9 Å². The lowest BCUT2D eigenvalue weighted by atomic mass is 10.1. The summed E-state index contributed by atoms with van der Waals surface area (Å²) in [5, 5.41) is 4.10. The van der Waals surface area contributed by atoms with Crippen LogP contribution in [0.15, 0.2) is 24.3 Å². The first-order valence-corrected chi connectivity index (χ1v) is 6.92. The van der Waals surface area contributed by atoms with E-state index in [9.17, 15) is 13.2 Å². The van der Waals surface area contributed by atoms with Gasteiger partial charge in [-0.3, -0.25) is 0 Å². The van der Waals surface area contributed by atoms with E-state index in [0.29, 0.717) is 18.0 Å². The Labute approximate surface area is 114 Å². The van der Waals surface area contributed by atoms with E-state index in [1.54, 1.807) is 6.07 Å². The Kier molecular flexibility index (Phi) is 5.66. The van der Waals surface area contributed by atoms with Gasteiger partial charge in [0.1, 0.15) is 0 Å². The van der Waals surface area contributed by atoms with Crippen molar-refractivity contribution in [2.75, 3.05) is 5.33 Å². The van der Waals surface area contributed by atoms with E-state index in [1.165, 1.54) is 12.1 Å². The van der Waals surface area contributed by atoms with Gasteiger partial charge in [-0.2, -0.15) is 13.2 Å². The molecular formula is C13H17BrF3N. The van der Waals surface area contributed by atoms with Crippen LogP contribution < -0.4 is 5.32 Å². The quantitative estimate of drug-likeness (QED) is 0.800. The number of benzene rings is 1. The first-order valence-electron chi connectivity index (χ1n) is 5.80. The molecule has 0 saturated heterocycles. The maximum absolute atomic E-state index is 12.5. The Morgan fingerprint density at radius 1 is 1.28 bits per heavy atom. The zero-order chi connectivity index (χ0) is 13.8. The summed E-state index contributed by atoms with van der Waals surface area (Å²) in [6, 6.07) is 5.68. The molecule has 0 heterocycles. The second-order valence-electron chi connectivity index (χ2n) is 4.50. The van der Waals surface area contributed by atoms with Crippen LogP contribution >= 0.6 is 15.9 Å². The summed E-state index contributed by atoms with van der Waals surface area (Å²) in [7, 11) is 0. The fourth-order valence-electron chi connectivity index (χ4n) is 1.47. The maximum Gasteiger partial charge on any atom is 0.416 e. The lowest BCUT2D eigenvalue weighted by Gasteiger charge is -2.19. The van der Waals surface area contributed by atoms with Gasteiger partial charge in [0, 0.05) is 17.9 Å². The zero-order valence-corrected chi connectivity index (χ0v) is 12.0. The van der Waals surface area contributed by atoms with E-state index in [1.807, 2.05) is 6.92 Å². The number of hydrogen-bond acceptors (Lipinski definition) is 1. The molecule has 0 radical (unpaired) electrons. The second-order valence-corrected chi connectivity index (χ2v) is 5.15. The van der Waals surface area contributed by atoms with Crippen molar-refractivity contribution in [1.29, 1.82) is 0 Å². The maximum atomic E-state index is 12.5. The Bertz CT molecular complexity index is 379. The minimum Gasteiger partial charge on any atom is -0.310 e. The van der Waals surface area contributed by atoms with Crippen molar-refractivity contribution in [3.63, 3.8) is 0 Å². The molecule has 0 aliphatic rings. The summed E-state index contributed by atoms with van der Waals surface area (Å²) in [5.74, 6) is 0.427. The van der Waals surface area contributed by atoms with E-state index < -0.39 is 11.7 Å². The van der Waals surface area contributed by atoms with Crippen LogP contribution in [0, 0.1) is 5.92 Å². The van der Waals surface area contributed by atoms with Gasteiger partial charge in [-0.25, -0.2) is 0 Å². The lowest BCUT2D eigenvalue weighted by molar-refractivity contribution is -0.137. The standard InChI is InChI=1S/C13H17BrF3N/c1-9(7-14)10(2)18-8-11-4-3-5-12(6-11)13(15,16)17/h3-6,9-10,18H,7-8H2,1-2H3. The molecule has 18 heavy (non-hydrogen) atoms. The molecule has 0 saturated carbocycles. The van der Waals surface area contributed by atoms with Crippen LogP contribution in [0.4, 0.5) is 13.2 Å². The molecule has 0 bridgehead atoms. The summed E-state index contributed by atoms with van der Waals surface area (Å²) < 4.78 is 37.6. The van der Waals surface area contributed by atoms with Gasteiger partial charge in [-0.1, -0.05) is 41.1 Å². The molecule has 0 aliphatic heterocycles. The Balaban J connectivity index is 2.63. The molecule has 2 unspecified atom stereocenters. The summed E-state index contributed by atoms with van der Waals surface area (Å²) in [6.45, 7) is 4.56. The van der Waals surface area contributed by atoms with Crippen molar-refractivity contribution in [1.82, 2.24) is 5.32 Å². The van der Waals surface area contributed by atoms with Crippen LogP contribution in [-0.4, -0.2) is 11.4 Å². The first kappa shape index (κ1) is 15.5. The van der Waals surface area contributed by atoms with Crippen molar-refractivity contribution < 1.29 is 13.2 Å². The normalized spacial score (nSPS) is 15.4. The molecule has 5 heteroatoms. The second kappa shape index (κ2) is 6.57. The van der Waals surface area contributed by atoms with Gasteiger partial charge in [0.15, 0.2) is 0 Å². The van der Waals surface area contributed by atoms with Gasteiger partial charge in [0.25, 0.3) is 0 Å². The average Bonchev–Trinajstić information content (AvgIpc) is 2.34. The van der Waals surface area contributed by atoms with Gasteiger partial charge >= 0.3 is 6.18 Å². The zero-order valence-electron chi connectivity index (χ0n) is 10.4. The van der Waals surface area contributed by atoms with Crippen LogP contribution in [0.25, 0.3) is 0 Å². The fourth-order valence-corrected chi connectivity index (χ4v) is 2.03. The predicted molar refractivity (Wildman–Crippen MR) is 70.7 cm³/mol. The summed E-state index contributed by atoms with van der Waals surface area (Å²) in [6.07, 6.45) is -4.27. The molecule has 1 aromatic rings. The third kappa shape index (κ3) is 4.61. The highest BCUT2D eigenvalue weighted by atomic mass is 79.9. The van der Waals surface area contributed by atoms with Gasteiger partial charge in [0.05, 0.1) is 5.56 Å². The molecule has 2 atom stereocenters. The average molecular weight is 324 g/mol. The van der Waals surface area contributed by atoms with Crippen LogP contribution in [0.3, 0.4) is 0 Å². The van der Waals surface area contributed by atoms with E-state index >= 15 is 0 Å². The lowest BCUT2D eigenvalue weighted by Crippen LogP contribution is -2.32. The van der Waals surface area contributed by atoms with Crippen LogP contribution in [0.2, 0.25) is 0 Å². The van der Waals surface area contributed by atoms with Gasteiger partial charge in [0.2, 0.25) is 0 Å². The number of rotatable bonds is 5. The smallest absolute Gasteiger partial charge is 0.310 e. The van der Waals surface area contributed by atoms with Crippen LogP contribution in [0.1, 0.15) is 25.0 Å². The minimum absolute atomic E-state index is 0.249. The molecule has 1 nitrogen and oxygen atoms in total. The van der Waals surface area contributed by atoms with Crippen molar-refractivity contribution in [3.8, 4) is 0 Å². The third-order valence-corrected chi connectivity index (χ3v) is 4.00. The Hall–Kier alpha value is -0.550. The molecular weight excluding hydrogens is 307 g/mol. The van der Waals surface area contributed by atoms with Crippen molar-refractivity contribution in [2.24, 2.45) is 5.92 Å². The molecule has 0 aromatic heterocycles. The summed E-state index contributed by atoms with van der Waals surface area (Å²) >= 11 is 3.39. The van der Waals surface area contributed by atoms with E-state index in [0.717, 1.165) is 11.4 Å². The molecule has 1 rings (SSSR count). The Morgan fingerprint density at radius 3 is 2.50 bits per heavy atom. The van der Waals surface area contributed by atoms with Crippen molar-refractivity contribution in [3.05, 3.63) is 35.4 Å². The highest BCUT2D eigenvalue weighted by molar-refractivity contribution is 9.09. The molecule has 1 N–H and O–H groups in total. The topological polar surface area (TPSA) is 12.0 Å². The monoisotopic (exact) mass is 323 g/mol. The van der Waals surface area contributed by atoms with E-state index in [4.69, 9.17) is 0 Å². The van der Waals surface area contributed by atoms with Crippen molar-refractivity contribution in [2.45, 2.75) is 32.6 Å². The fraction of sp³-hybridized carbons (Fsp3) is 0.538. The van der Waals surface area contributed by atoms with E-state index in [2.05, 4.69) is 28.2 Å². The molecule has 0 spiro atoms. The first-order chi connectivity index (χ1) is 8.34. The predicted octanol–water partition coefficient (Wildman–Crippen LogP) is 4.21. The van der Waals surface area contributed by atoms with Crippen LogP contribution in [0.5, 0.6) is 0 Å². The largest absolute Gasteiger partial charge is 0.416 e. The minimum atomic E-state index is -4.27. The number of alkyl halides is 4. The molecule has 1 aromatic carbocycles. The van der Waals surface area contributed by atoms with Gasteiger partial charge in [-0.15, -0.1) is 0 Å². The number of nitrogens with one attached hydrogen (secondary N) is 1. The number of halogens is 4. The van der Waals surface area contributed by atoms with Gasteiger partial charge < -0.3 is 5.32 Å². The molecule has 0 amide bonds. The third-order valence-electron chi connectivity index (χ3n) is 2.98. The molecule has 0 fully saturated rings. The van der Waals surface area contributed by atoms with Crippen LogP contribution in [-0.2, 0) is 12.7 Å². The summed E-state index contributed by atoms with van der Waals surface area (Å²) in [4.78, 5) is 0. The number of hydrogen-bond donors (Lipinski definition) is 1. The molecule has 0 aliphatic carbocycles. The Morgan fingerprint density at radius 2 is 1.94 bits per heavy atom. The SMILES string of the molecule is CC(CBr)C(C)NCc1cccc(C(F)(F)F)c1. The highest BCUT2D eigenvalue weighted by Crippen LogP contribution is 2.29. The highest BCUT2D eigenvalue weighted by Gasteiger charge is 2.30. The molecule has 102 valence electrons.